The van der Waals surface area contributed by atoms with Crippen LogP contribution >= 0.6 is 0 Å². The van der Waals surface area contributed by atoms with Crippen molar-refractivity contribution in [2.24, 2.45) is 0 Å². The summed E-state index contributed by atoms with van der Waals surface area (Å²) in [5.74, 6) is 0. The summed E-state index contributed by atoms with van der Waals surface area (Å²) in [5.41, 5.74) is 2.45. The van der Waals surface area contributed by atoms with E-state index in [0.29, 0.717) is 0 Å². The Bertz CT molecular complexity index is 219. The van der Waals surface area contributed by atoms with Gasteiger partial charge in [0, 0.05) is 5.70 Å². The molecule has 0 saturated heterocycles. The zero-order chi connectivity index (χ0) is 10.4. The summed E-state index contributed by atoms with van der Waals surface area (Å²) in [6.07, 6.45) is 0.903. The molecule has 76 valence electrons. The van der Waals surface area contributed by atoms with Crippen molar-refractivity contribution in [3.63, 3.8) is 0 Å². The highest BCUT2D eigenvalue weighted by Crippen LogP contribution is 2.12. The summed E-state index contributed by atoms with van der Waals surface area (Å²) in [6, 6.07) is 0. The van der Waals surface area contributed by atoms with Gasteiger partial charge in [-0.2, -0.15) is 0 Å². The van der Waals surface area contributed by atoms with E-state index in [4.69, 9.17) is 5.11 Å². The van der Waals surface area contributed by atoms with Gasteiger partial charge < -0.3 is 10.4 Å². The molecule has 2 nitrogen and oxygen atoms in total. The molecule has 0 aliphatic rings. The number of alkyl halides is 1. The third-order valence-electron chi connectivity index (χ3n) is 2.01. The molecule has 0 bridgehead atoms. The number of hydrogen-bond donors (Lipinski definition) is 2. The molecule has 0 aromatic rings. The Hall–Kier alpha value is -0.830. The van der Waals surface area contributed by atoms with Crippen LogP contribution < -0.4 is 5.32 Å². The van der Waals surface area contributed by atoms with Crippen LogP contribution in [0.2, 0.25) is 0 Å². The molecule has 0 aromatic carbocycles. The molecule has 1 unspecified atom stereocenters. The van der Waals surface area contributed by atoms with Gasteiger partial charge in [0.25, 0.3) is 0 Å². The van der Waals surface area contributed by atoms with Crippen LogP contribution in [0.4, 0.5) is 4.39 Å². The van der Waals surface area contributed by atoms with E-state index in [1.165, 1.54) is 6.92 Å². The number of hydrogen-bond acceptors (Lipinski definition) is 2. The van der Waals surface area contributed by atoms with Gasteiger partial charge in [0.05, 0.1) is 0 Å². The molecule has 0 amide bonds. The molecular weight excluding hydrogens is 169 g/mol. The smallest absolute Gasteiger partial charge is 0.119 e. The van der Waals surface area contributed by atoms with E-state index < -0.39 is 6.17 Å². The Morgan fingerprint density at radius 1 is 1.46 bits per heavy atom. The lowest BCUT2D eigenvalue weighted by Gasteiger charge is -2.07. The van der Waals surface area contributed by atoms with Crippen LogP contribution in [0.5, 0.6) is 0 Å². The van der Waals surface area contributed by atoms with Gasteiger partial charge in [-0.15, -0.1) is 0 Å². The first kappa shape index (κ1) is 12.2. The van der Waals surface area contributed by atoms with E-state index in [-0.39, 0.29) is 6.73 Å². The van der Waals surface area contributed by atoms with Gasteiger partial charge in [-0.3, -0.25) is 0 Å². The number of nitrogens with one attached hydrogen (secondary N) is 1. The molecule has 0 aliphatic carbocycles. The van der Waals surface area contributed by atoms with Gasteiger partial charge in [-0.05, 0) is 44.9 Å². The first-order valence-corrected chi connectivity index (χ1v) is 4.33. The van der Waals surface area contributed by atoms with Gasteiger partial charge in [-0.25, -0.2) is 4.39 Å². The van der Waals surface area contributed by atoms with Crippen LogP contribution in [0.15, 0.2) is 22.9 Å². The normalized spacial score (nSPS) is 16.6. The lowest BCUT2D eigenvalue weighted by atomic mass is 10.1. The second-order valence-corrected chi connectivity index (χ2v) is 3.14. The zero-order valence-corrected chi connectivity index (χ0v) is 8.69. The minimum absolute atomic E-state index is 0.0974. The fourth-order valence-corrected chi connectivity index (χ4v) is 0.928. The topological polar surface area (TPSA) is 32.3 Å². The first-order valence-electron chi connectivity index (χ1n) is 4.33. The second kappa shape index (κ2) is 5.75. The number of aliphatic hydroxyl groups excluding tert-OH is 1. The van der Waals surface area contributed by atoms with Gasteiger partial charge in [0.15, 0.2) is 0 Å². The van der Waals surface area contributed by atoms with Crippen molar-refractivity contribution < 1.29 is 9.50 Å². The SMILES string of the molecule is CC(/C=C(\C)NCO)=C(\C)C(C)F. The van der Waals surface area contributed by atoms with Gasteiger partial charge in [-0.1, -0.05) is 0 Å². The molecule has 0 aliphatic heterocycles. The average Bonchev–Trinajstić information content (AvgIpc) is 2.03. The lowest BCUT2D eigenvalue weighted by molar-refractivity contribution is 0.275. The van der Waals surface area contributed by atoms with Crippen LogP contribution in [-0.4, -0.2) is 18.0 Å². The summed E-state index contributed by atoms with van der Waals surface area (Å²) < 4.78 is 12.8. The number of allylic oxidation sites excluding steroid dienone is 4. The van der Waals surface area contributed by atoms with E-state index in [9.17, 15) is 4.39 Å². The van der Waals surface area contributed by atoms with E-state index in [1.807, 2.05) is 19.9 Å². The summed E-state index contributed by atoms with van der Waals surface area (Å²) in [6.45, 7) is 6.87. The Morgan fingerprint density at radius 3 is 2.38 bits per heavy atom. The van der Waals surface area contributed by atoms with Gasteiger partial charge in [0.1, 0.15) is 12.9 Å². The Labute approximate surface area is 79.2 Å². The Kier molecular flexibility index (Phi) is 5.39. The average molecular weight is 187 g/mol. The fourth-order valence-electron chi connectivity index (χ4n) is 0.928. The van der Waals surface area contributed by atoms with Crippen LogP contribution in [0.3, 0.4) is 0 Å². The minimum atomic E-state index is -0.918. The number of rotatable bonds is 4. The van der Waals surface area contributed by atoms with Crippen molar-refractivity contribution >= 4 is 0 Å². The van der Waals surface area contributed by atoms with Crippen LogP contribution in [0, 0.1) is 0 Å². The van der Waals surface area contributed by atoms with Crippen LogP contribution in [0.25, 0.3) is 0 Å². The van der Waals surface area contributed by atoms with Crippen LogP contribution in [0.1, 0.15) is 27.7 Å². The van der Waals surface area contributed by atoms with Gasteiger partial charge in [0.2, 0.25) is 0 Å². The summed E-state index contributed by atoms with van der Waals surface area (Å²) in [4.78, 5) is 0. The monoisotopic (exact) mass is 187 g/mol. The van der Waals surface area contributed by atoms with E-state index in [0.717, 1.165) is 16.8 Å². The highest BCUT2D eigenvalue weighted by atomic mass is 19.1. The third-order valence-corrected chi connectivity index (χ3v) is 2.01. The first-order chi connectivity index (χ1) is 5.99. The molecule has 3 heteroatoms. The maximum Gasteiger partial charge on any atom is 0.119 e. The predicted molar refractivity (Wildman–Crippen MR) is 52.9 cm³/mol. The quantitative estimate of drug-likeness (QED) is 0.522. The second-order valence-electron chi connectivity index (χ2n) is 3.14. The molecule has 1 atom stereocenters. The van der Waals surface area contributed by atoms with E-state index in [2.05, 4.69) is 5.32 Å². The zero-order valence-electron chi connectivity index (χ0n) is 8.69. The van der Waals surface area contributed by atoms with E-state index in [1.54, 1.807) is 6.92 Å². The van der Waals surface area contributed by atoms with Crippen molar-refractivity contribution in [1.82, 2.24) is 5.32 Å². The van der Waals surface area contributed by atoms with E-state index >= 15 is 0 Å². The Balaban J connectivity index is 4.51. The number of halogens is 1. The molecule has 0 fully saturated rings. The van der Waals surface area contributed by atoms with Crippen molar-refractivity contribution in [1.29, 1.82) is 0 Å². The minimum Gasteiger partial charge on any atom is -0.377 e. The third kappa shape index (κ3) is 4.68. The summed E-state index contributed by atoms with van der Waals surface area (Å²) in [5, 5.41) is 11.3. The molecule has 0 heterocycles. The molecule has 2 N–H and O–H groups in total. The van der Waals surface area contributed by atoms with Crippen molar-refractivity contribution in [3.05, 3.63) is 22.9 Å². The molecular formula is C10H18FNO. The summed E-state index contributed by atoms with van der Waals surface area (Å²) in [7, 11) is 0. The summed E-state index contributed by atoms with van der Waals surface area (Å²) >= 11 is 0. The van der Waals surface area contributed by atoms with Crippen molar-refractivity contribution in [2.45, 2.75) is 33.9 Å². The highest BCUT2D eigenvalue weighted by Gasteiger charge is 2.03. The Morgan fingerprint density at radius 2 is 2.00 bits per heavy atom. The predicted octanol–water partition coefficient (Wildman–Crippen LogP) is 2.12. The maximum absolute atomic E-state index is 12.8. The fraction of sp³-hybridized carbons (Fsp3) is 0.600. The molecule has 0 rings (SSSR count). The molecule has 0 aromatic heterocycles. The molecule has 13 heavy (non-hydrogen) atoms. The highest BCUT2D eigenvalue weighted by molar-refractivity contribution is 5.26. The van der Waals surface area contributed by atoms with Gasteiger partial charge >= 0.3 is 0 Å². The largest absolute Gasteiger partial charge is 0.377 e. The molecule has 0 radical (unpaired) electrons. The lowest BCUT2D eigenvalue weighted by Crippen LogP contribution is -2.11. The molecule has 0 spiro atoms. The van der Waals surface area contributed by atoms with Crippen LogP contribution in [-0.2, 0) is 0 Å². The maximum atomic E-state index is 12.8. The molecule has 0 saturated carbocycles. The van der Waals surface area contributed by atoms with Crippen molar-refractivity contribution in [2.75, 3.05) is 6.73 Å². The number of aliphatic hydroxyl groups is 1. The van der Waals surface area contributed by atoms with Crippen molar-refractivity contribution in [3.8, 4) is 0 Å². The standard InChI is InChI=1S/C10H18FNO/c1-7(9(3)10(4)11)5-8(2)12-6-13/h5,10,12-13H,6H2,1-4H3/b8-5+,9-7-.